The molecule has 0 aliphatic carbocycles. The Bertz CT molecular complexity index is 1340. The van der Waals surface area contributed by atoms with Crippen LogP contribution in [-0.2, 0) is 7.05 Å². The van der Waals surface area contributed by atoms with Crippen LogP contribution in [0.1, 0.15) is 22.8 Å². The number of H-pyrrole nitrogens is 1. The predicted molar refractivity (Wildman–Crippen MR) is 115 cm³/mol. The zero-order chi connectivity index (χ0) is 22.0. The molecule has 0 aliphatic rings. The molecule has 2 aromatic carbocycles. The quantitative estimate of drug-likeness (QED) is 0.324. The van der Waals surface area contributed by atoms with Gasteiger partial charge in [-0.3, -0.25) is 14.5 Å². The monoisotopic (exact) mass is 418 g/mol. The van der Waals surface area contributed by atoms with Gasteiger partial charge in [0.1, 0.15) is 16.9 Å². The van der Waals surface area contributed by atoms with Gasteiger partial charge < -0.3 is 9.84 Å². The first-order valence-electron chi connectivity index (χ1n) is 9.24. The number of anilines is 1. The Labute approximate surface area is 175 Å². The smallest absolute Gasteiger partial charge is 0.335 e. The van der Waals surface area contributed by atoms with E-state index in [2.05, 4.69) is 25.6 Å². The van der Waals surface area contributed by atoms with Crippen molar-refractivity contribution >= 4 is 28.7 Å². The number of carboxylic acid groups (broad SMARTS) is 1. The molecule has 4 rings (SSSR count). The van der Waals surface area contributed by atoms with Crippen molar-refractivity contribution in [3.05, 3.63) is 76.2 Å². The number of nitrogens with zero attached hydrogens (tertiary/aromatic N) is 4. The van der Waals surface area contributed by atoms with E-state index in [9.17, 15) is 9.59 Å². The summed E-state index contributed by atoms with van der Waals surface area (Å²) in [4.78, 5) is 29.9. The number of rotatable bonds is 6. The number of ether oxygens (including phenoxy) is 1. The fourth-order valence-corrected chi connectivity index (χ4v) is 2.85. The van der Waals surface area contributed by atoms with Gasteiger partial charge in [-0.1, -0.05) is 0 Å². The Morgan fingerprint density at radius 3 is 2.32 bits per heavy atom. The lowest BCUT2D eigenvalue weighted by Gasteiger charge is -2.07. The number of nitrogens with one attached hydrogen (secondary N) is 2. The third kappa shape index (κ3) is 4.27. The molecule has 3 N–H and O–H groups in total. The van der Waals surface area contributed by atoms with E-state index in [1.165, 1.54) is 23.0 Å². The molecule has 0 unspecified atom stereocenters. The molecule has 2 heterocycles. The van der Waals surface area contributed by atoms with Crippen molar-refractivity contribution in [1.82, 2.24) is 19.7 Å². The number of aromatic carboxylic acids is 1. The molecule has 0 amide bonds. The van der Waals surface area contributed by atoms with Gasteiger partial charge in [-0.05, 0) is 61.0 Å². The van der Waals surface area contributed by atoms with Crippen LogP contribution in [0.4, 0.5) is 5.95 Å². The number of aryl methyl sites for hydroxylation is 1. The molecular formula is C21H18N6O4. The lowest BCUT2D eigenvalue weighted by Crippen LogP contribution is -2.12. The normalized spacial score (nSPS) is 11.5. The summed E-state index contributed by atoms with van der Waals surface area (Å²) in [5.74, 6) is 0.356. The van der Waals surface area contributed by atoms with Crippen LogP contribution in [0.2, 0.25) is 0 Å². The van der Waals surface area contributed by atoms with E-state index in [4.69, 9.17) is 9.84 Å². The molecule has 0 spiro atoms. The van der Waals surface area contributed by atoms with Crippen molar-refractivity contribution in [3.8, 4) is 11.5 Å². The second-order valence-corrected chi connectivity index (χ2v) is 6.68. The zero-order valence-corrected chi connectivity index (χ0v) is 16.7. The number of fused-ring (bicyclic) bond motifs is 1. The predicted octanol–water partition coefficient (Wildman–Crippen LogP) is 2.98. The molecule has 4 aromatic rings. The average molecular weight is 418 g/mol. The van der Waals surface area contributed by atoms with E-state index in [1.54, 1.807) is 31.3 Å². The summed E-state index contributed by atoms with van der Waals surface area (Å²) in [5.41, 5.74) is 4.62. The van der Waals surface area contributed by atoms with Gasteiger partial charge in [-0.25, -0.2) is 10.2 Å². The molecule has 0 aliphatic heterocycles. The topological polar surface area (TPSA) is 134 Å². The first-order valence-corrected chi connectivity index (χ1v) is 9.24. The highest BCUT2D eigenvalue weighted by molar-refractivity contribution is 5.99. The number of aromatic nitrogens is 4. The molecule has 0 atom stereocenters. The van der Waals surface area contributed by atoms with E-state index in [0.29, 0.717) is 28.2 Å². The molecule has 0 saturated heterocycles. The average Bonchev–Trinajstić information content (AvgIpc) is 3.14. The Balaban J connectivity index is 1.46. The highest BCUT2D eigenvalue weighted by atomic mass is 16.5. The van der Waals surface area contributed by atoms with E-state index < -0.39 is 5.97 Å². The van der Waals surface area contributed by atoms with Gasteiger partial charge in [0.05, 0.1) is 17.5 Å². The fourth-order valence-electron chi connectivity index (χ4n) is 2.85. The SMILES string of the molecule is C/C(=N\Nc1nc2c(cnn2C)c(=O)[nH]1)c1ccc(Oc2ccc(C(=O)O)cc2)cc1. The van der Waals surface area contributed by atoms with Crippen LogP contribution < -0.4 is 15.7 Å². The Kier molecular flexibility index (Phi) is 5.19. The van der Waals surface area contributed by atoms with Crippen molar-refractivity contribution in [3.63, 3.8) is 0 Å². The van der Waals surface area contributed by atoms with Crippen LogP contribution in [0.25, 0.3) is 11.0 Å². The zero-order valence-electron chi connectivity index (χ0n) is 16.7. The van der Waals surface area contributed by atoms with Crippen LogP contribution in [0.15, 0.2) is 64.6 Å². The third-order valence-corrected chi connectivity index (χ3v) is 4.54. The first kappa shape index (κ1) is 19.8. The van der Waals surface area contributed by atoms with Gasteiger partial charge in [-0.15, -0.1) is 0 Å². The van der Waals surface area contributed by atoms with Crippen LogP contribution in [-0.4, -0.2) is 36.5 Å². The van der Waals surface area contributed by atoms with E-state index in [1.807, 2.05) is 19.1 Å². The van der Waals surface area contributed by atoms with Crippen molar-refractivity contribution < 1.29 is 14.6 Å². The molecule has 0 saturated carbocycles. The van der Waals surface area contributed by atoms with Crippen LogP contribution in [0.3, 0.4) is 0 Å². The number of aromatic amines is 1. The number of carbonyl (C=O) groups is 1. The molecule has 0 fully saturated rings. The lowest BCUT2D eigenvalue weighted by molar-refractivity contribution is 0.0697. The van der Waals surface area contributed by atoms with Crippen LogP contribution in [0.5, 0.6) is 11.5 Å². The molecule has 2 aromatic heterocycles. The molecule has 156 valence electrons. The third-order valence-electron chi connectivity index (χ3n) is 4.54. The maximum atomic E-state index is 12.1. The fraction of sp³-hybridized carbons (Fsp3) is 0.0952. The minimum atomic E-state index is -0.987. The Morgan fingerprint density at radius 1 is 1.10 bits per heavy atom. The summed E-state index contributed by atoms with van der Waals surface area (Å²) in [6.45, 7) is 1.81. The highest BCUT2D eigenvalue weighted by Crippen LogP contribution is 2.22. The summed E-state index contributed by atoms with van der Waals surface area (Å²) < 4.78 is 7.24. The van der Waals surface area contributed by atoms with Gasteiger partial charge in [0.15, 0.2) is 5.65 Å². The molecule has 10 heteroatoms. The Morgan fingerprint density at radius 2 is 1.71 bits per heavy atom. The number of benzene rings is 2. The number of hydrogen-bond acceptors (Lipinski definition) is 7. The van der Waals surface area contributed by atoms with Crippen LogP contribution >= 0.6 is 0 Å². The maximum Gasteiger partial charge on any atom is 0.335 e. The Hall–Kier alpha value is -4.47. The van der Waals surface area contributed by atoms with E-state index in [0.717, 1.165) is 5.56 Å². The first-order chi connectivity index (χ1) is 14.9. The van der Waals surface area contributed by atoms with E-state index >= 15 is 0 Å². The summed E-state index contributed by atoms with van der Waals surface area (Å²) in [6.07, 6.45) is 1.46. The van der Waals surface area contributed by atoms with Crippen molar-refractivity contribution in [1.29, 1.82) is 0 Å². The molecular weight excluding hydrogens is 400 g/mol. The summed E-state index contributed by atoms with van der Waals surface area (Å²) in [7, 11) is 1.71. The van der Waals surface area contributed by atoms with E-state index in [-0.39, 0.29) is 17.1 Å². The number of hydrazone groups is 1. The maximum absolute atomic E-state index is 12.1. The van der Waals surface area contributed by atoms with Gasteiger partial charge in [0, 0.05) is 7.05 Å². The summed E-state index contributed by atoms with van der Waals surface area (Å²) in [6, 6.07) is 13.4. The number of carboxylic acids is 1. The van der Waals surface area contributed by atoms with Crippen molar-refractivity contribution in [2.45, 2.75) is 6.92 Å². The standard InChI is InChI=1S/C21H18N6O4/c1-12(25-26-21-23-18-17(19(28)24-21)11-22-27(18)2)13-3-7-15(8-4-13)31-16-9-5-14(6-10-16)20(29)30/h3-11H,1-2H3,(H,29,30)(H2,23,24,26,28)/b25-12+. The molecule has 0 radical (unpaired) electrons. The summed E-state index contributed by atoms with van der Waals surface area (Å²) in [5, 5.41) is 17.6. The number of hydrogen-bond donors (Lipinski definition) is 3. The van der Waals surface area contributed by atoms with Crippen molar-refractivity contribution in [2.24, 2.45) is 12.1 Å². The summed E-state index contributed by atoms with van der Waals surface area (Å²) >= 11 is 0. The molecule has 31 heavy (non-hydrogen) atoms. The molecule has 0 bridgehead atoms. The largest absolute Gasteiger partial charge is 0.478 e. The van der Waals surface area contributed by atoms with Crippen molar-refractivity contribution in [2.75, 3.05) is 5.43 Å². The van der Waals surface area contributed by atoms with Gasteiger partial charge in [-0.2, -0.15) is 15.2 Å². The minimum Gasteiger partial charge on any atom is -0.478 e. The van der Waals surface area contributed by atoms with Gasteiger partial charge in [0.25, 0.3) is 5.56 Å². The van der Waals surface area contributed by atoms with Crippen LogP contribution in [0, 0.1) is 0 Å². The second-order valence-electron chi connectivity index (χ2n) is 6.68. The van der Waals surface area contributed by atoms with Gasteiger partial charge >= 0.3 is 5.97 Å². The second kappa shape index (κ2) is 8.11. The molecule has 10 nitrogen and oxygen atoms in total. The lowest BCUT2D eigenvalue weighted by atomic mass is 10.1. The van der Waals surface area contributed by atoms with Gasteiger partial charge in [0.2, 0.25) is 5.95 Å². The highest BCUT2D eigenvalue weighted by Gasteiger charge is 2.08. The minimum absolute atomic E-state index is 0.195.